The Morgan fingerprint density at radius 2 is 2.10 bits per heavy atom. The van der Waals surface area contributed by atoms with Gasteiger partial charge in [0.2, 0.25) is 0 Å². The van der Waals surface area contributed by atoms with Crippen molar-refractivity contribution >= 4 is 0 Å². The number of hydrogen-bond donors (Lipinski definition) is 1. The number of rotatable bonds is 3. The topological polar surface area (TPSA) is 29.3 Å². The lowest BCUT2D eigenvalue weighted by molar-refractivity contribution is 0.0697. The third-order valence-corrected chi connectivity index (χ3v) is 5.26. The largest absolute Gasteiger partial charge is 0.329 e. The fourth-order valence-electron chi connectivity index (χ4n) is 4.29. The van der Waals surface area contributed by atoms with Crippen LogP contribution in [0, 0.1) is 18.7 Å². The normalized spacial score (nSPS) is 28.4. The van der Waals surface area contributed by atoms with Crippen molar-refractivity contribution in [2.24, 2.45) is 11.7 Å². The highest BCUT2D eigenvalue weighted by Crippen LogP contribution is 2.41. The van der Waals surface area contributed by atoms with E-state index in [9.17, 15) is 4.39 Å². The van der Waals surface area contributed by atoms with Gasteiger partial charge in [-0.3, -0.25) is 4.90 Å². The van der Waals surface area contributed by atoms with Crippen molar-refractivity contribution in [3.05, 3.63) is 35.1 Å². The van der Waals surface area contributed by atoms with Crippen LogP contribution in [0.25, 0.3) is 0 Å². The molecule has 20 heavy (non-hydrogen) atoms. The van der Waals surface area contributed by atoms with Gasteiger partial charge in [-0.2, -0.15) is 0 Å². The Balaban J connectivity index is 1.90. The van der Waals surface area contributed by atoms with E-state index in [2.05, 4.69) is 11.8 Å². The average Bonchev–Trinajstić information content (AvgIpc) is 2.92. The van der Waals surface area contributed by atoms with Crippen LogP contribution in [0.15, 0.2) is 18.2 Å². The summed E-state index contributed by atoms with van der Waals surface area (Å²) in [5, 5.41) is 0. The Morgan fingerprint density at radius 1 is 1.30 bits per heavy atom. The summed E-state index contributed by atoms with van der Waals surface area (Å²) >= 11 is 0. The summed E-state index contributed by atoms with van der Waals surface area (Å²) in [6, 6.07) is 5.95. The standard InChI is InChI=1S/C17H25FN2/c1-12-7-8-14(18)10-15(12)17(11-19)20-9-3-5-13-4-2-6-16(13)20/h7-8,10,13,16-17H,2-6,9,11,19H2,1H3. The number of aryl methyl sites for hydroxylation is 1. The van der Waals surface area contributed by atoms with Crippen molar-refractivity contribution in [1.29, 1.82) is 0 Å². The summed E-state index contributed by atoms with van der Waals surface area (Å²) in [4.78, 5) is 2.57. The number of nitrogens with zero attached hydrogens (tertiary/aromatic N) is 1. The van der Waals surface area contributed by atoms with Crippen LogP contribution in [0.1, 0.15) is 49.3 Å². The summed E-state index contributed by atoms with van der Waals surface area (Å²) in [6.07, 6.45) is 6.61. The molecule has 1 aromatic carbocycles. The minimum atomic E-state index is -0.149. The molecule has 2 fully saturated rings. The van der Waals surface area contributed by atoms with E-state index in [0.29, 0.717) is 12.6 Å². The van der Waals surface area contributed by atoms with Crippen LogP contribution < -0.4 is 5.73 Å². The quantitative estimate of drug-likeness (QED) is 0.917. The van der Waals surface area contributed by atoms with Crippen molar-refractivity contribution in [1.82, 2.24) is 4.90 Å². The lowest BCUT2D eigenvalue weighted by Crippen LogP contribution is -2.47. The summed E-state index contributed by atoms with van der Waals surface area (Å²) in [7, 11) is 0. The molecule has 3 heteroatoms. The highest BCUT2D eigenvalue weighted by Gasteiger charge is 2.38. The number of nitrogens with two attached hydrogens (primary N) is 1. The fourth-order valence-corrected chi connectivity index (χ4v) is 4.29. The second kappa shape index (κ2) is 5.82. The molecule has 3 rings (SSSR count). The van der Waals surface area contributed by atoms with Crippen LogP contribution in [0.3, 0.4) is 0 Å². The predicted octanol–water partition coefficient (Wildman–Crippen LogP) is 3.40. The summed E-state index contributed by atoms with van der Waals surface area (Å²) in [6.45, 7) is 3.75. The molecule has 1 saturated carbocycles. The first-order valence-corrected chi connectivity index (χ1v) is 7.92. The number of hydrogen-bond acceptors (Lipinski definition) is 2. The second-order valence-corrected chi connectivity index (χ2v) is 6.39. The molecule has 0 spiro atoms. The van der Waals surface area contributed by atoms with E-state index in [-0.39, 0.29) is 11.9 Å². The Bertz CT molecular complexity index is 474. The van der Waals surface area contributed by atoms with E-state index in [4.69, 9.17) is 5.73 Å². The fraction of sp³-hybridized carbons (Fsp3) is 0.647. The van der Waals surface area contributed by atoms with Gasteiger partial charge in [0, 0.05) is 18.6 Å². The smallest absolute Gasteiger partial charge is 0.123 e. The SMILES string of the molecule is Cc1ccc(F)cc1C(CN)N1CCCC2CCCC21. The van der Waals surface area contributed by atoms with Crippen LogP contribution in [0.4, 0.5) is 4.39 Å². The molecule has 1 aromatic rings. The first kappa shape index (κ1) is 14.0. The maximum Gasteiger partial charge on any atom is 0.123 e. The van der Waals surface area contributed by atoms with Crippen LogP contribution in [0.5, 0.6) is 0 Å². The Hall–Kier alpha value is -0.930. The average molecular weight is 276 g/mol. The van der Waals surface area contributed by atoms with Crippen molar-refractivity contribution in [2.45, 2.75) is 51.1 Å². The molecule has 2 aliphatic rings. The maximum absolute atomic E-state index is 13.6. The van der Waals surface area contributed by atoms with Crippen LogP contribution in [0.2, 0.25) is 0 Å². The Labute approximate surface area is 121 Å². The van der Waals surface area contributed by atoms with Crippen LogP contribution in [-0.2, 0) is 0 Å². The number of likely N-dealkylation sites (tertiary alicyclic amines) is 1. The van der Waals surface area contributed by atoms with Gasteiger partial charge in [0.25, 0.3) is 0 Å². The lowest BCUT2D eigenvalue weighted by atomic mass is 9.88. The zero-order valence-corrected chi connectivity index (χ0v) is 12.3. The zero-order valence-electron chi connectivity index (χ0n) is 12.3. The van der Waals surface area contributed by atoms with Gasteiger partial charge in [-0.1, -0.05) is 12.5 Å². The second-order valence-electron chi connectivity index (χ2n) is 6.39. The molecule has 1 aliphatic heterocycles. The first-order valence-electron chi connectivity index (χ1n) is 7.92. The van der Waals surface area contributed by atoms with Gasteiger partial charge in [0.15, 0.2) is 0 Å². The number of piperidine rings is 1. The highest BCUT2D eigenvalue weighted by molar-refractivity contribution is 5.30. The van der Waals surface area contributed by atoms with Gasteiger partial charge in [-0.25, -0.2) is 4.39 Å². The first-order chi connectivity index (χ1) is 9.70. The molecule has 1 aliphatic carbocycles. The summed E-state index contributed by atoms with van der Waals surface area (Å²) < 4.78 is 13.6. The molecule has 2 nitrogen and oxygen atoms in total. The maximum atomic E-state index is 13.6. The van der Waals surface area contributed by atoms with Gasteiger partial charge < -0.3 is 5.73 Å². The summed E-state index contributed by atoms with van der Waals surface area (Å²) in [5.74, 6) is 0.690. The van der Waals surface area contributed by atoms with Gasteiger partial charge in [0.1, 0.15) is 5.82 Å². The van der Waals surface area contributed by atoms with E-state index in [0.717, 1.165) is 23.6 Å². The van der Waals surface area contributed by atoms with Gasteiger partial charge >= 0.3 is 0 Å². The third kappa shape index (κ3) is 2.49. The molecule has 3 atom stereocenters. The number of benzene rings is 1. The van der Waals surface area contributed by atoms with Crippen molar-refractivity contribution in [2.75, 3.05) is 13.1 Å². The van der Waals surface area contributed by atoms with Crippen molar-refractivity contribution in [3.63, 3.8) is 0 Å². The molecule has 1 heterocycles. The van der Waals surface area contributed by atoms with E-state index < -0.39 is 0 Å². The van der Waals surface area contributed by atoms with E-state index in [1.54, 1.807) is 12.1 Å². The molecule has 0 bridgehead atoms. The molecular formula is C17H25FN2. The minimum absolute atomic E-state index is 0.149. The van der Waals surface area contributed by atoms with Crippen molar-refractivity contribution < 1.29 is 4.39 Å². The predicted molar refractivity (Wildman–Crippen MR) is 80.0 cm³/mol. The third-order valence-electron chi connectivity index (χ3n) is 5.26. The van der Waals surface area contributed by atoms with Crippen LogP contribution >= 0.6 is 0 Å². The lowest BCUT2D eigenvalue weighted by Gasteiger charge is -2.43. The minimum Gasteiger partial charge on any atom is -0.329 e. The highest BCUT2D eigenvalue weighted by atomic mass is 19.1. The van der Waals surface area contributed by atoms with Gasteiger partial charge in [0.05, 0.1) is 0 Å². The number of fused-ring (bicyclic) bond motifs is 1. The molecule has 1 saturated heterocycles. The van der Waals surface area contributed by atoms with Gasteiger partial charge in [-0.15, -0.1) is 0 Å². The van der Waals surface area contributed by atoms with E-state index in [1.807, 2.05) is 6.07 Å². The molecule has 3 unspecified atom stereocenters. The monoisotopic (exact) mass is 276 g/mol. The zero-order chi connectivity index (χ0) is 14.1. The molecule has 2 N–H and O–H groups in total. The van der Waals surface area contributed by atoms with E-state index in [1.165, 1.54) is 32.1 Å². The molecule has 0 aromatic heterocycles. The van der Waals surface area contributed by atoms with Crippen LogP contribution in [-0.4, -0.2) is 24.0 Å². The number of halogens is 1. The Morgan fingerprint density at radius 3 is 2.90 bits per heavy atom. The van der Waals surface area contributed by atoms with Crippen molar-refractivity contribution in [3.8, 4) is 0 Å². The molecule has 0 amide bonds. The molecular weight excluding hydrogens is 251 g/mol. The molecule has 0 radical (unpaired) electrons. The summed E-state index contributed by atoms with van der Waals surface area (Å²) in [5.41, 5.74) is 8.31. The Kier molecular flexibility index (Phi) is 4.08. The van der Waals surface area contributed by atoms with Gasteiger partial charge in [-0.05, 0) is 68.3 Å². The van der Waals surface area contributed by atoms with E-state index >= 15 is 0 Å². The molecule has 110 valence electrons.